The van der Waals surface area contributed by atoms with Crippen molar-refractivity contribution in [1.82, 2.24) is 9.38 Å². The van der Waals surface area contributed by atoms with Crippen molar-refractivity contribution in [1.29, 1.82) is 0 Å². The van der Waals surface area contributed by atoms with Crippen molar-refractivity contribution >= 4 is 24.8 Å². The van der Waals surface area contributed by atoms with Crippen LogP contribution >= 0.6 is 0 Å². The molecule has 2 heterocycles. The number of aromatic nitrogens is 2. The van der Waals surface area contributed by atoms with Crippen molar-refractivity contribution in [2.45, 2.75) is 6.92 Å². The Morgan fingerprint density at radius 1 is 1.46 bits per heavy atom. The fraction of sp³-hybridized carbons (Fsp3) is 0.222. The van der Waals surface area contributed by atoms with Crippen LogP contribution in [0.1, 0.15) is 5.69 Å². The molecule has 2 rings (SSSR count). The second kappa shape index (κ2) is 2.80. The van der Waals surface area contributed by atoms with Gasteiger partial charge in [0.15, 0.2) is 0 Å². The second-order valence-corrected chi connectivity index (χ2v) is 2.99. The molecule has 0 fully saturated rings. The molecule has 2 aromatic rings. The van der Waals surface area contributed by atoms with E-state index in [1.54, 1.807) is 0 Å². The normalized spacial score (nSPS) is 10.6. The number of nitrogens with one attached hydrogen (secondary N) is 1. The van der Waals surface area contributed by atoms with Crippen molar-refractivity contribution in [3.8, 4) is 0 Å². The van der Waals surface area contributed by atoms with Gasteiger partial charge in [-0.2, -0.15) is 0 Å². The van der Waals surface area contributed by atoms with E-state index in [-0.39, 0.29) is 0 Å². The highest BCUT2D eigenvalue weighted by molar-refractivity contribution is 6.30. The van der Waals surface area contributed by atoms with Crippen LogP contribution in [-0.2, 0) is 0 Å². The Bertz CT molecular complexity index is 447. The Labute approximate surface area is 78.2 Å². The molecule has 64 valence electrons. The second-order valence-electron chi connectivity index (χ2n) is 2.99. The molecule has 0 unspecified atom stereocenters. The average Bonchev–Trinajstić information content (AvgIpc) is 2.47. The third-order valence-electron chi connectivity index (χ3n) is 2.10. The predicted octanol–water partition coefficient (Wildman–Crippen LogP) is 0.478. The zero-order chi connectivity index (χ0) is 9.42. The predicted molar refractivity (Wildman–Crippen MR) is 54.9 cm³/mol. The summed E-state index contributed by atoms with van der Waals surface area (Å²) < 4.78 is 2.02. The van der Waals surface area contributed by atoms with Gasteiger partial charge >= 0.3 is 0 Å². The molecule has 13 heavy (non-hydrogen) atoms. The first-order chi connectivity index (χ1) is 6.22. The summed E-state index contributed by atoms with van der Waals surface area (Å²) in [6.45, 7) is 2.03. The van der Waals surface area contributed by atoms with Gasteiger partial charge in [-0.15, -0.1) is 0 Å². The largest absolute Gasteiger partial charge is 0.371 e. The van der Waals surface area contributed by atoms with E-state index in [1.165, 1.54) is 0 Å². The maximum absolute atomic E-state index is 5.66. The lowest BCUT2D eigenvalue weighted by molar-refractivity contribution is 1.10. The van der Waals surface area contributed by atoms with Gasteiger partial charge in [0.05, 0.1) is 5.52 Å². The molecule has 0 aliphatic carbocycles. The molecule has 0 aromatic carbocycles. The summed E-state index contributed by atoms with van der Waals surface area (Å²) in [5.41, 5.74) is 2.73. The average molecular weight is 171 g/mol. The van der Waals surface area contributed by atoms with E-state index in [0.717, 1.165) is 17.0 Å². The Morgan fingerprint density at radius 2 is 2.23 bits per heavy atom. The lowest BCUT2D eigenvalue weighted by Gasteiger charge is -2.05. The van der Waals surface area contributed by atoms with Gasteiger partial charge in [-0.1, -0.05) is 0 Å². The van der Waals surface area contributed by atoms with Crippen LogP contribution in [-0.4, -0.2) is 24.3 Å². The lowest BCUT2D eigenvalue weighted by atomic mass is 10.1. The monoisotopic (exact) mass is 171 g/mol. The first-order valence-electron chi connectivity index (χ1n) is 4.14. The van der Waals surface area contributed by atoms with Gasteiger partial charge in [0.2, 0.25) is 0 Å². The zero-order valence-corrected chi connectivity index (χ0v) is 7.70. The summed E-state index contributed by atoms with van der Waals surface area (Å²) in [7, 11) is 7.49. The van der Waals surface area contributed by atoms with Crippen LogP contribution in [0.2, 0.25) is 0 Å². The molecule has 0 spiro atoms. The number of hydrogen-bond donors (Lipinski definition) is 1. The Morgan fingerprint density at radius 3 is 2.92 bits per heavy atom. The van der Waals surface area contributed by atoms with E-state index in [1.807, 2.05) is 36.7 Å². The highest BCUT2D eigenvalue weighted by Gasteiger charge is 2.03. The Kier molecular flexibility index (Phi) is 1.76. The molecule has 0 aliphatic rings. The SMILES string of the molecule is [B]c1cn2c(C)ccc2c(NC)n1. The molecular formula is C9H10BN3. The van der Waals surface area contributed by atoms with Gasteiger partial charge in [0.25, 0.3) is 0 Å². The molecule has 0 aliphatic heterocycles. The van der Waals surface area contributed by atoms with Crippen LogP contribution in [0.3, 0.4) is 0 Å². The molecule has 0 amide bonds. The molecule has 0 saturated heterocycles. The number of fused-ring (bicyclic) bond motifs is 1. The molecule has 0 saturated carbocycles. The fourth-order valence-electron chi connectivity index (χ4n) is 1.45. The van der Waals surface area contributed by atoms with E-state index in [0.29, 0.717) is 5.59 Å². The third-order valence-corrected chi connectivity index (χ3v) is 2.10. The minimum absolute atomic E-state index is 0.524. The standard InChI is InChI=1S/C9H10BN3/c1-6-3-4-7-9(11-2)12-8(10)5-13(6)7/h3-5H,1-2H3,(H,11,12). The van der Waals surface area contributed by atoms with Gasteiger partial charge in [0, 0.05) is 24.5 Å². The van der Waals surface area contributed by atoms with E-state index < -0.39 is 0 Å². The van der Waals surface area contributed by atoms with Gasteiger partial charge in [0.1, 0.15) is 13.7 Å². The summed E-state index contributed by atoms with van der Waals surface area (Å²) in [5, 5.41) is 3.01. The summed E-state index contributed by atoms with van der Waals surface area (Å²) >= 11 is 0. The highest BCUT2D eigenvalue weighted by Crippen LogP contribution is 2.14. The van der Waals surface area contributed by atoms with Gasteiger partial charge in [-0.05, 0) is 19.1 Å². The first-order valence-corrected chi connectivity index (χ1v) is 4.14. The van der Waals surface area contributed by atoms with Crippen molar-refractivity contribution in [2.75, 3.05) is 12.4 Å². The lowest BCUT2D eigenvalue weighted by Crippen LogP contribution is -2.13. The fourth-order valence-corrected chi connectivity index (χ4v) is 1.45. The van der Waals surface area contributed by atoms with Crippen LogP contribution < -0.4 is 10.9 Å². The summed E-state index contributed by atoms with van der Waals surface area (Å²) in [4.78, 5) is 4.18. The molecule has 3 nitrogen and oxygen atoms in total. The molecule has 4 heteroatoms. The van der Waals surface area contributed by atoms with Crippen molar-refractivity contribution < 1.29 is 0 Å². The highest BCUT2D eigenvalue weighted by atomic mass is 15.0. The molecular weight excluding hydrogens is 161 g/mol. The number of anilines is 1. The van der Waals surface area contributed by atoms with Crippen LogP contribution in [0.15, 0.2) is 18.3 Å². The van der Waals surface area contributed by atoms with Crippen LogP contribution in [0.5, 0.6) is 0 Å². The maximum Gasteiger partial charge on any atom is 0.149 e. The summed E-state index contributed by atoms with van der Waals surface area (Å²) in [6.07, 6.45) is 1.82. The quantitative estimate of drug-likeness (QED) is 0.632. The Balaban J connectivity index is 2.84. The summed E-state index contributed by atoms with van der Waals surface area (Å²) in [6, 6.07) is 4.06. The molecule has 1 N–H and O–H groups in total. The molecule has 0 bridgehead atoms. The van der Waals surface area contributed by atoms with Gasteiger partial charge in [-0.25, -0.2) is 4.98 Å². The molecule has 2 aromatic heterocycles. The number of aryl methyl sites for hydroxylation is 1. The molecule has 2 radical (unpaired) electrons. The number of rotatable bonds is 1. The van der Waals surface area contributed by atoms with E-state index >= 15 is 0 Å². The van der Waals surface area contributed by atoms with Crippen LogP contribution in [0.25, 0.3) is 5.52 Å². The van der Waals surface area contributed by atoms with Crippen molar-refractivity contribution in [3.63, 3.8) is 0 Å². The van der Waals surface area contributed by atoms with Crippen molar-refractivity contribution in [2.24, 2.45) is 0 Å². The van der Waals surface area contributed by atoms with E-state index in [9.17, 15) is 0 Å². The van der Waals surface area contributed by atoms with E-state index in [2.05, 4.69) is 10.3 Å². The third kappa shape index (κ3) is 1.18. The van der Waals surface area contributed by atoms with E-state index in [4.69, 9.17) is 7.85 Å². The smallest absolute Gasteiger partial charge is 0.149 e. The zero-order valence-electron chi connectivity index (χ0n) is 7.70. The molecule has 0 atom stereocenters. The topological polar surface area (TPSA) is 29.3 Å². The van der Waals surface area contributed by atoms with Crippen LogP contribution in [0.4, 0.5) is 5.82 Å². The van der Waals surface area contributed by atoms with Gasteiger partial charge < -0.3 is 9.72 Å². The number of nitrogens with zero attached hydrogens (tertiary/aromatic N) is 2. The first kappa shape index (κ1) is 8.17. The number of hydrogen-bond acceptors (Lipinski definition) is 2. The minimum Gasteiger partial charge on any atom is -0.371 e. The minimum atomic E-state index is 0.524. The van der Waals surface area contributed by atoms with Crippen molar-refractivity contribution in [3.05, 3.63) is 24.0 Å². The Hall–Kier alpha value is -1.45. The van der Waals surface area contributed by atoms with Crippen LogP contribution in [0, 0.1) is 6.92 Å². The maximum atomic E-state index is 5.66. The summed E-state index contributed by atoms with van der Waals surface area (Å²) in [5.74, 6) is 0.813. The van der Waals surface area contributed by atoms with Gasteiger partial charge in [-0.3, -0.25) is 0 Å².